The molecule has 0 aromatic heterocycles. The van der Waals surface area contributed by atoms with Gasteiger partial charge >= 0.3 is 5.97 Å². The maximum Gasteiger partial charge on any atom is 0.312 e. The van der Waals surface area contributed by atoms with Gasteiger partial charge in [0.2, 0.25) is 29.5 Å². The minimum absolute atomic E-state index is 0.0129. The van der Waals surface area contributed by atoms with Crippen molar-refractivity contribution in [3.05, 3.63) is 0 Å². The molecule has 0 saturated carbocycles. The number of hydrogen-bond donors (Lipinski definition) is 6. The predicted octanol–water partition coefficient (Wildman–Crippen LogP) is 4.41. The molecule has 0 fully saturated rings. The molecule has 6 N–H and O–H groups in total. The van der Waals surface area contributed by atoms with Crippen LogP contribution in [0.25, 0.3) is 0 Å². The van der Waals surface area contributed by atoms with E-state index in [0.29, 0.717) is 96.4 Å². The molecule has 0 aliphatic carbocycles. The summed E-state index contributed by atoms with van der Waals surface area (Å²) in [6, 6.07) is -0.685. The Balaban J connectivity index is 4.94. The fraction of sp³-hybridized carbons (Fsp3) is 0.783. The van der Waals surface area contributed by atoms with Gasteiger partial charge in [0.1, 0.15) is 23.8 Å². The third kappa shape index (κ3) is 36.6. The zero-order chi connectivity index (χ0) is 47.1. The summed E-state index contributed by atoms with van der Waals surface area (Å²) in [5.74, 6) is -2.37. The topological polar surface area (TPSA) is 254 Å². The maximum absolute atomic E-state index is 13.1. The van der Waals surface area contributed by atoms with Crippen LogP contribution in [0.3, 0.4) is 0 Å². The summed E-state index contributed by atoms with van der Waals surface area (Å²) >= 11 is 0. The molecule has 0 aliphatic rings. The third-order valence-electron chi connectivity index (χ3n) is 10.6. The fourth-order valence-electron chi connectivity index (χ4n) is 6.88. The highest BCUT2D eigenvalue weighted by molar-refractivity contribution is 5.93. The van der Waals surface area contributed by atoms with Crippen LogP contribution in [0.4, 0.5) is 0 Å². The Labute approximate surface area is 375 Å². The lowest BCUT2D eigenvalue weighted by Gasteiger charge is -2.20. The van der Waals surface area contributed by atoms with Crippen molar-refractivity contribution in [1.29, 1.82) is 0 Å². The van der Waals surface area contributed by atoms with Crippen LogP contribution in [0.1, 0.15) is 180 Å². The van der Waals surface area contributed by atoms with Crippen molar-refractivity contribution in [1.82, 2.24) is 31.5 Å². The van der Waals surface area contributed by atoms with Gasteiger partial charge in [-0.3, -0.25) is 52.8 Å². The lowest BCUT2D eigenvalue weighted by atomic mass is 9.99. The number of nitrogens with zero attached hydrogens (tertiary/aromatic N) is 1. The molecule has 5 amide bonds. The largest absolute Gasteiger partial charge is 0.481 e. The number of amides is 5. The van der Waals surface area contributed by atoms with Crippen LogP contribution in [-0.2, 0) is 47.9 Å². The molecule has 0 rings (SSSR count). The second-order valence-electron chi connectivity index (χ2n) is 16.4. The molecule has 0 aromatic carbocycles. The number of nitrogens with one attached hydrogen (secondary N) is 5. The Morgan fingerprint density at radius 3 is 1.33 bits per heavy atom. The number of carbonyl (C=O) groups excluding carboxylic acids is 9. The van der Waals surface area contributed by atoms with Gasteiger partial charge in [0.05, 0.1) is 25.7 Å². The van der Waals surface area contributed by atoms with Crippen molar-refractivity contribution in [2.24, 2.45) is 0 Å². The molecule has 0 aromatic rings. The fourth-order valence-corrected chi connectivity index (χ4v) is 6.88. The van der Waals surface area contributed by atoms with Gasteiger partial charge in [-0.25, -0.2) is 0 Å². The van der Waals surface area contributed by atoms with Crippen molar-refractivity contribution >= 4 is 58.6 Å². The average Bonchev–Trinajstić information content (AvgIpc) is 3.24. The van der Waals surface area contributed by atoms with Crippen LogP contribution in [0.15, 0.2) is 0 Å². The van der Waals surface area contributed by atoms with E-state index in [1.807, 2.05) is 6.92 Å². The zero-order valence-electron chi connectivity index (χ0n) is 38.7. The van der Waals surface area contributed by atoms with Crippen LogP contribution >= 0.6 is 0 Å². The molecule has 360 valence electrons. The number of rotatable bonds is 43. The van der Waals surface area contributed by atoms with E-state index in [4.69, 9.17) is 5.11 Å². The van der Waals surface area contributed by atoms with Gasteiger partial charge in [0.25, 0.3) is 0 Å². The summed E-state index contributed by atoms with van der Waals surface area (Å²) in [7, 11) is 3.19. The van der Waals surface area contributed by atoms with E-state index < -0.39 is 24.3 Å². The van der Waals surface area contributed by atoms with Crippen molar-refractivity contribution in [3.8, 4) is 0 Å². The Morgan fingerprint density at radius 2 is 0.857 bits per heavy atom. The first-order chi connectivity index (χ1) is 30.2. The van der Waals surface area contributed by atoms with Gasteiger partial charge in [0.15, 0.2) is 5.78 Å². The zero-order valence-corrected chi connectivity index (χ0v) is 38.7. The molecule has 1 unspecified atom stereocenters. The van der Waals surface area contributed by atoms with Crippen molar-refractivity contribution < 1.29 is 53.1 Å². The molecule has 0 radical (unpaired) electrons. The van der Waals surface area contributed by atoms with E-state index in [0.717, 1.165) is 57.8 Å². The summed E-state index contributed by atoms with van der Waals surface area (Å²) < 4.78 is 0. The van der Waals surface area contributed by atoms with Crippen LogP contribution < -0.4 is 26.6 Å². The van der Waals surface area contributed by atoms with E-state index in [1.54, 1.807) is 19.0 Å². The normalized spacial score (nSPS) is 11.4. The molecular formula is C46H80N6O11. The van der Waals surface area contributed by atoms with Crippen molar-refractivity contribution in [2.45, 2.75) is 186 Å². The Hall–Kier alpha value is -4.54. The quantitative estimate of drug-likeness (QED) is 0.0368. The van der Waals surface area contributed by atoms with E-state index in [9.17, 15) is 47.9 Å². The van der Waals surface area contributed by atoms with E-state index in [1.165, 1.54) is 0 Å². The molecule has 17 heteroatoms. The van der Waals surface area contributed by atoms with Gasteiger partial charge in [-0.15, -0.1) is 0 Å². The molecule has 0 heterocycles. The summed E-state index contributed by atoms with van der Waals surface area (Å²) in [4.78, 5) is 123. The summed E-state index contributed by atoms with van der Waals surface area (Å²) in [5, 5.41) is 22.2. The molecule has 0 saturated heterocycles. The summed E-state index contributed by atoms with van der Waals surface area (Å²) in [5.41, 5.74) is 0. The summed E-state index contributed by atoms with van der Waals surface area (Å²) in [6.45, 7) is 2.41. The van der Waals surface area contributed by atoms with Gasteiger partial charge in [0, 0.05) is 78.6 Å². The molecule has 0 aliphatic heterocycles. The second-order valence-corrected chi connectivity index (χ2v) is 16.4. The molecule has 63 heavy (non-hydrogen) atoms. The lowest BCUT2D eigenvalue weighted by molar-refractivity contribution is -0.141. The number of carboxylic acid groups (broad SMARTS) is 1. The third-order valence-corrected chi connectivity index (χ3v) is 10.6. The first-order valence-corrected chi connectivity index (χ1v) is 23.5. The maximum atomic E-state index is 13.1. The predicted molar refractivity (Wildman–Crippen MR) is 241 cm³/mol. The van der Waals surface area contributed by atoms with Crippen LogP contribution in [0.2, 0.25) is 0 Å². The molecule has 17 nitrogen and oxygen atoms in total. The van der Waals surface area contributed by atoms with Crippen LogP contribution in [0, 0.1) is 0 Å². The minimum atomic E-state index is -1.22. The van der Waals surface area contributed by atoms with Gasteiger partial charge in [-0.05, 0) is 70.6 Å². The van der Waals surface area contributed by atoms with Crippen molar-refractivity contribution in [2.75, 3.05) is 46.8 Å². The Bertz CT molecular complexity index is 1360. The lowest BCUT2D eigenvalue weighted by Crippen LogP contribution is -2.42. The highest BCUT2D eigenvalue weighted by Gasteiger charge is 2.21. The van der Waals surface area contributed by atoms with Gasteiger partial charge in [-0.2, -0.15) is 0 Å². The molecule has 1 atom stereocenters. The highest BCUT2D eigenvalue weighted by Crippen LogP contribution is 2.13. The minimum Gasteiger partial charge on any atom is -0.481 e. The molecule has 0 bridgehead atoms. The second kappa shape index (κ2) is 39.1. The number of hydrogen-bond acceptors (Lipinski definition) is 11. The Kier molecular flexibility index (Phi) is 36.3. The SMILES string of the molecule is CCC(=O)CCCCCNC(=O)CN(CC(=O)CCCCCCC(=O)NC)CC(=O)CCCCCCC(=O)NC(CCCCNC(=O)CC(=O)O)C(=O)CCCCCCC(=O)NC. The number of Topliss-reactive ketones (excluding diaryl/α,β-unsaturated/α-hetero) is 4. The van der Waals surface area contributed by atoms with E-state index >= 15 is 0 Å². The van der Waals surface area contributed by atoms with Crippen LogP contribution in [0.5, 0.6) is 0 Å². The van der Waals surface area contributed by atoms with E-state index in [-0.39, 0.29) is 92.2 Å². The first kappa shape index (κ1) is 58.5. The standard InChI is InChI=1S/C46H80N6O11/c1-4-36(53)22-14-11-20-30-50-45(61)35-52(33-37(54)23-12-5-8-16-27-41(57)47-2)34-38(55)24-13-6-9-18-29-43(59)51-39(25-19-21-31-49-44(60)32-46(62)63)40(56)26-15-7-10-17-28-42(58)48-3/h39H,4-35H2,1-3H3,(H,47,57)(H,48,58)(H,49,60)(H,50,61)(H,51,59)(H,62,63). The van der Waals surface area contributed by atoms with E-state index in [2.05, 4.69) is 26.6 Å². The first-order valence-electron chi connectivity index (χ1n) is 23.5. The number of aliphatic carboxylic acids is 1. The van der Waals surface area contributed by atoms with Crippen molar-refractivity contribution in [3.63, 3.8) is 0 Å². The number of ketones is 4. The number of carboxylic acids is 1. The van der Waals surface area contributed by atoms with Crippen LogP contribution in [-0.4, -0.2) is 122 Å². The Morgan fingerprint density at radius 1 is 0.444 bits per heavy atom. The number of carbonyl (C=O) groups is 10. The number of unbranched alkanes of at least 4 members (excludes halogenated alkanes) is 12. The molecule has 0 spiro atoms. The van der Waals surface area contributed by atoms with Gasteiger partial charge in [-0.1, -0.05) is 51.9 Å². The highest BCUT2D eigenvalue weighted by atomic mass is 16.4. The average molecular weight is 893 g/mol. The smallest absolute Gasteiger partial charge is 0.312 e. The van der Waals surface area contributed by atoms with Gasteiger partial charge < -0.3 is 31.7 Å². The summed E-state index contributed by atoms with van der Waals surface area (Å²) in [6.07, 6.45) is 14.6. The molecular weight excluding hydrogens is 813 g/mol. The monoisotopic (exact) mass is 893 g/mol.